The Bertz CT molecular complexity index is 1070. The number of aromatic nitrogens is 3. The third-order valence-corrected chi connectivity index (χ3v) is 7.57. The summed E-state index contributed by atoms with van der Waals surface area (Å²) in [6, 6.07) is 12.9. The number of hydrogen-bond donors (Lipinski definition) is 0. The van der Waals surface area contributed by atoms with Crippen LogP contribution in [0.4, 0.5) is 0 Å². The van der Waals surface area contributed by atoms with Gasteiger partial charge in [0.2, 0.25) is 0 Å². The minimum Gasteiger partial charge on any atom is -0.243 e. The van der Waals surface area contributed by atoms with Crippen molar-refractivity contribution in [1.29, 1.82) is 0 Å². The Morgan fingerprint density at radius 1 is 0.654 bits per heavy atom. The molecule has 7 heteroatoms. The van der Waals surface area contributed by atoms with Crippen LogP contribution in [0.3, 0.4) is 0 Å². The van der Waals surface area contributed by atoms with Gasteiger partial charge in [-0.15, -0.1) is 45.3 Å². The molecule has 0 saturated heterocycles. The van der Waals surface area contributed by atoms with E-state index in [4.69, 9.17) is 4.98 Å². The number of pyridine rings is 1. The van der Waals surface area contributed by atoms with Crippen molar-refractivity contribution in [2.24, 2.45) is 0 Å². The fourth-order valence-corrected chi connectivity index (χ4v) is 5.66. The molecule has 0 aliphatic heterocycles. The second kappa shape index (κ2) is 6.85. The molecular weight excluding hydrogens is 398 g/mol. The lowest BCUT2D eigenvalue weighted by atomic mass is 10.1. The van der Waals surface area contributed by atoms with Gasteiger partial charge < -0.3 is 0 Å². The molecule has 0 N–H and O–H groups in total. The van der Waals surface area contributed by atoms with E-state index in [0.717, 1.165) is 27.0 Å². The largest absolute Gasteiger partial charge is 0.243 e. The topological polar surface area (TPSA) is 38.7 Å². The van der Waals surface area contributed by atoms with Crippen LogP contribution < -0.4 is 0 Å². The first-order valence-corrected chi connectivity index (χ1v) is 11.3. The second-order valence-electron chi connectivity index (χ2n) is 5.44. The average molecular weight is 410 g/mol. The summed E-state index contributed by atoms with van der Waals surface area (Å²) >= 11 is 6.78. The first kappa shape index (κ1) is 16.0. The standard InChI is InChI=1S/C19H11N3S4/c1-2-16(23-7-1)17-4-3-15(26-17)12-10-13(18-20-5-8-24-18)22-14(11-12)19-21-6-9-25-19/h1-11H. The Kier molecular flexibility index (Phi) is 4.22. The molecule has 5 heterocycles. The first-order valence-electron chi connectivity index (χ1n) is 7.83. The van der Waals surface area contributed by atoms with E-state index in [9.17, 15) is 0 Å². The number of thiazole rings is 2. The fraction of sp³-hybridized carbons (Fsp3) is 0. The molecule has 0 aliphatic carbocycles. The summed E-state index contributed by atoms with van der Waals surface area (Å²) in [5, 5.41) is 7.93. The summed E-state index contributed by atoms with van der Waals surface area (Å²) in [6.45, 7) is 0. The number of thiophene rings is 2. The van der Waals surface area contributed by atoms with Gasteiger partial charge in [0.25, 0.3) is 0 Å². The average Bonchev–Trinajstić information content (AvgIpc) is 3.49. The molecule has 0 aromatic carbocycles. The molecule has 5 aromatic heterocycles. The van der Waals surface area contributed by atoms with Crippen molar-refractivity contribution < 1.29 is 0 Å². The molecular formula is C19H11N3S4. The normalized spacial score (nSPS) is 11.1. The summed E-state index contributed by atoms with van der Waals surface area (Å²) in [5.74, 6) is 0. The van der Waals surface area contributed by atoms with Gasteiger partial charge in [0.1, 0.15) is 21.4 Å². The van der Waals surface area contributed by atoms with Gasteiger partial charge in [0.15, 0.2) is 0 Å². The molecule has 0 bridgehead atoms. The lowest BCUT2D eigenvalue weighted by Gasteiger charge is -2.05. The molecule has 0 unspecified atom stereocenters. The Morgan fingerprint density at radius 3 is 1.92 bits per heavy atom. The molecule has 0 spiro atoms. The lowest BCUT2D eigenvalue weighted by molar-refractivity contribution is 1.27. The van der Waals surface area contributed by atoms with Crippen molar-refractivity contribution in [1.82, 2.24) is 15.0 Å². The van der Waals surface area contributed by atoms with Crippen LogP contribution in [0, 0.1) is 0 Å². The van der Waals surface area contributed by atoms with Crippen LogP contribution in [0.15, 0.2) is 64.9 Å². The van der Waals surface area contributed by atoms with Crippen LogP contribution in [-0.4, -0.2) is 15.0 Å². The van der Waals surface area contributed by atoms with Crippen molar-refractivity contribution in [3.05, 3.63) is 64.9 Å². The lowest BCUT2D eigenvalue weighted by Crippen LogP contribution is -1.89. The molecule has 0 atom stereocenters. The van der Waals surface area contributed by atoms with Crippen LogP contribution in [0.5, 0.6) is 0 Å². The van der Waals surface area contributed by atoms with E-state index in [1.807, 2.05) is 23.2 Å². The smallest absolute Gasteiger partial charge is 0.141 e. The van der Waals surface area contributed by atoms with E-state index in [1.54, 1.807) is 45.3 Å². The molecule has 0 aliphatic rings. The zero-order valence-corrected chi connectivity index (χ0v) is 16.6. The highest BCUT2D eigenvalue weighted by atomic mass is 32.1. The minimum atomic E-state index is 0.897. The van der Waals surface area contributed by atoms with Gasteiger partial charge in [-0.2, -0.15) is 0 Å². The molecule has 0 amide bonds. The van der Waals surface area contributed by atoms with Gasteiger partial charge in [-0.1, -0.05) is 6.07 Å². The van der Waals surface area contributed by atoms with Gasteiger partial charge in [0.05, 0.1) is 0 Å². The minimum absolute atomic E-state index is 0.897. The van der Waals surface area contributed by atoms with E-state index in [-0.39, 0.29) is 0 Å². The van der Waals surface area contributed by atoms with Crippen LogP contribution in [0.1, 0.15) is 0 Å². The quantitative estimate of drug-likeness (QED) is 0.328. The first-order chi connectivity index (χ1) is 12.9. The predicted molar refractivity (Wildman–Crippen MR) is 113 cm³/mol. The van der Waals surface area contributed by atoms with E-state index in [2.05, 4.69) is 51.7 Å². The molecule has 0 radical (unpaired) electrons. The molecule has 5 aromatic rings. The highest BCUT2D eigenvalue weighted by Crippen LogP contribution is 2.39. The monoisotopic (exact) mass is 409 g/mol. The molecule has 0 fully saturated rings. The zero-order valence-electron chi connectivity index (χ0n) is 13.3. The Hall–Kier alpha value is -2.19. The van der Waals surface area contributed by atoms with Gasteiger partial charge >= 0.3 is 0 Å². The van der Waals surface area contributed by atoms with Gasteiger partial charge in [-0.25, -0.2) is 15.0 Å². The Morgan fingerprint density at radius 2 is 1.35 bits per heavy atom. The molecule has 126 valence electrons. The van der Waals surface area contributed by atoms with Gasteiger partial charge in [-0.3, -0.25) is 0 Å². The van der Waals surface area contributed by atoms with E-state index in [0.29, 0.717) is 0 Å². The van der Waals surface area contributed by atoms with E-state index < -0.39 is 0 Å². The maximum Gasteiger partial charge on any atom is 0.141 e. The van der Waals surface area contributed by atoms with Crippen molar-refractivity contribution in [2.75, 3.05) is 0 Å². The Labute approximate surface area is 166 Å². The third-order valence-electron chi connectivity index (χ3n) is 3.78. The Balaban J connectivity index is 1.64. The highest BCUT2D eigenvalue weighted by molar-refractivity contribution is 7.23. The molecule has 5 rings (SSSR count). The second-order valence-corrected chi connectivity index (χ2v) is 9.26. The fourth-order valence-electron chi connectivity index (χ4n) is 2.64. The molecule has 3 nitrogen and oxygen atoms in total. The van der Waals surface area contributed by atoms with Crippen LogP contribution in [-0.2, 0) is 0 Å². The summed E-state index contributed by atoms with van der Waals surface area (Å²) in [4.78, 5) is 17.5. The summed E-state index contributed by atoms with van der Waals surface area (Å²) in [5.41, 5.74) is 2.95. The van der Waals surface area contributed by atoms with Crippen LogP contribution >= 0.6 is 45.3 Å². The number of rotatable bonds is 4. The van der Waals surface area contributed by atoms with E-state index >= 15 is 0 Å². The zero-order chi connectivity index (χ0) is 17.3. The summed E-state index contributed by atoms with van der Waals surface area (Å²) < 4.78 is 0. The maximum absolute atomic E-state index is 4.80. The number of hydrogen-bond acceptors (Lipinski definition) is 7. The predicted octanol–water partition coefficient (Wildman–Crippen LogP) is 6.79. The van der Waals surface area contributed by atoms with Crippen molar-refractivity contribution >= 4 is 45.3 Å². The highest BCUT2D eigenvalue weighted by Gasteiger charge is 2.13. The molecule has 0 saturated carbocycles. The summed E-state index contributed by atoms with van der Waals surface area (Å²) in [6.07, 6.45) is 3.63. The van der Waals surface area contributed by atoms with E-state index in [1.165, 1.54) is 14.6 Å². The SMILES string of the molecule is c1csc(-c2ccc(-c3cc(-c4nccs4)nc(-c4nccs4)c3)s2)c1. The maximum atomic E-state index is 4.80. The number of nitrogens with zero attached hydrogens (tertiary/aromatic N) is 3. The van der Waals surface area contributed by atoms with Crippen molar-refractivity contribution in [2.45, 2.75) is 0 Å². The van der Waals surface area contributed by atoms with Crippen LogP contribution in [0.25, 0.3) is 41.6 Å². The molecule has 26 heavy (non-hydrogen) atoms. The third kappa shape index (κ3) is 3.03. The van der Waals surface area contributed by atoms with Gasteiger partial charge in [-0.05, 0) is 41.3 Å². The van der Waals surface area contributed by atoms with Crippen molar-refractivity contribution in [3.8, 4) is 41.6 Å². The van der Waals surface area contributed by atoms with Crippen LogP contribution in [0.2, 0.25) is 0 Å². The van der Waals surface area contributed by atoms with Crippen molar-refractivity contribution in [3.63, 3.8) is 0 Å². The van der Waals surface area contributed by atoms with Gasteiger partial charge in [0, 0.05) is 37.8 Å². The summed E-state index contributed by atoms with van der Waals surface area (Å²) in [7, 11) is 0.